The van der Waals surface area contributed by atoms with Gasteiger partial charge < -0.3 is 34.3 Å². The summed E-state index contributed by atoms with van der Waals surface area (Å²) < 4.78 is 45.2. The minimum absolute atomic E-state index is 0.117. The number of rotatable bonds is 10. The van der Waals surface area contributed by atoms with Crippen molar-refractivity contribution >= 4 is 45.8 Å². The monoisotopic (exact) mass is 592 g/mol. The Kier molecular flexibility index (Phi) is 8.53. The number of nitrogens with one attached hydrogen (secondary N) is 2. The zero-order valence-corrected chi connectivity index (χ0v) is 23.9. The highest BCUT2D eigenvalue weighted by molar-refractivity contribution is 6.09. The number of hydrogen-bond donors (Lipinski definition) is 2. The number of carbonyl (C=O) groups excluding carboxylic acids is 2. The van der Waals surface area contributed by atoms with Gasteiger partial charge in [0.15, 0.2) is 34.5 Å². The molecule has 1 aliphatic heterocycles. The summed E-state index contributed by atoms with van der Waals surface area (Å²) in [7, 11) is 2.37. The molecular weight excluding hydrogens is 562 g/mol. The van der Waals surface area contributed by atoms with E-state index < -0.39 is 23.0 Å². The van der Waals surface area contributed by atoms with E-state index in [9.17, 15) is 18.4 Å². The maximum atomic E-state index is 14.9. The van der Waals surface area contributed by atoms with Crippen LogP contribution in [-0.4, -0.2) is 73.5 Å². The molecule has 2 N–H and O–H groups in total. The third-order valence-corrected chi connectivity index (χ3v) is 7.17. The summed E-state index contributed by atoms with van der Waals surface area (Å²) in [5, 5.41) is 5.90. The quantitative estimate of drug-likeness (QED) is 0.197. The van der Waals surface area contributed by atoms with E-state index in [1.807, 2.05) is 12.1 Å². The molecule has 0 bridgehead atoms. The summed E-state index contributed by atoms with van der Waals surface area (Å²) in [6.07, 6.45) is 2.50. The van der Waals surface area contributed by atoms with Gasteiger partial charge in [-0.3, -0.25) is 9.59 Å². The van der Waals surface area contributed by atoms with E-state index in [1.165, 1.54) is 32.6 Å². The van der Waals surface area contributed by atoms with Crippen molar-refractivity contribution in [2.24, 2.45) is 0 Å². The second-order valence-electron chi connectivity index (χ2n) is 9.64. The first-order valence-corrected chi connectivity index (χ1v) is 13.5. The zero-order valence-electron chi connectivity index (χ0n) is 23.9. The van der Waals surface area contributed by atoms with Crippen LogP contribution in [0.25, 0.3) is 11.1 Å². The van der Waals surface area contributed by atoms with Crippen molar-refractivity contribution in [1.29, 1.82) is 0 Å². The maximum Gasteiger partial charge on any atom is 0.247 e. The van der Waals surface area contributed by atoms with E-state index in [1.54, 1.807) is 6.07 Å². The largest absolute Gasteiger partial charge is 0.494 e. The summed E-state index contributed by atoms with van der Waals surface area (Å²) in [6, 6.07) is 7.87. The van der Waals surface area contributed by atoms with Crippen LogP contribution in [0.4, 0.5) is 31.8 Å². The number of ether oxygens (including phenoxy) is 2. The predicted molar refractivity (Wildman–Crippen MR) is 158 cm³/mol. The Labute approximate surface area is 246 Å². The van der Waals surface area contributed by atoms with E-state index in [-0.39, 0.29) is 40.2 Å². The van der Waals surface area contributed by atoms with Crippen molar-refractivity contribution in [2.75, 3.05) is 62.5 Å². The number of ketones is 1. The molecule has 0 atom stereocenters. The lowest BCUT2D eigenvalue weighted by Crippen LogP contribution is -2.46. The molecule has 1 saturated heterocycles. The molecule has 0 spiro atoms. The molecule has 3 heterocycles. The minimum atomic E-state index is -1.19. The Balaban J connectivity index is 1.43. The standard InChI is InChI=1S/C30H30F2N6O5/c1-5-25(39)34-19-13-17(38-11-9-37(6-2)10-12-38)7-8-18(19)35-30-33-16-24-20(36-30)14-23(43-24)29(40)26-27(31)21(41-3)15-22(42-4)28(26)32/h5,7-8,13-16H,1,6,9-12H2,2-4H3,(H,34,39)(H,33,35,36). The van der Waals surface area contributed by atoms with Crippen LogP contribution in [0.2, 0.25) is 0 Å². The molecule has 0 aliphatic carbocycles. The van der Waals surface area contributed by atoms with Crippen molar-refractivity contribution in [1.82, 2.24) is 14.9 Å². The lowest BCUT2D eigenvalue weighted by Gasteiger charge is -2.35. The van der Waals surface area contributed by atoms with Gasteiger partial charge in [-0.2, -0.15) is 0 Å². The first-order chi connectivity index (χ1) is 20.8. The van der Waals surface area contributed by atoms with Gasteiger partial charge in [-0.25, -0.2) is 18.7 Å². The highest BCUT2D eigenvalue weighted by Gasteiger charge is 2.29. The van der Waals surface area contributed by atoms with Gasteiger partial charge in [0, 0.05) is 44.0 Å². The highest BCUT2D eigenvalue weighted by Crippen LogP contribution is 2.34. The molecule has 1 aliphatic rings. The smallest absolute Gasteiger partial charge is 0.247 e. The maximum absolute atomic E-state index is 14.9. The van der Waals surface area contributed by atoms with Crippen LogP contribution in [0.5, 0.6) is 11.5 Å². The Morgan fingerprint density at radius 3 is 2.37 bits per heavy atom. The van der Waals surface area contributed by atoms with Crippen LogP contribution < -0.4 is 25.0 Å². The second kappa shape index (κ2) is 12.4. The topological polar surface area (TPSA) is 122 Å². The molecule has 2 aromatic carbocycles. The summed E-state index contributed by atoms with van der Waals surface area (Å²) in [5.74, 6) is -4.79. The van der Waals surface area contributed by atoms with Gasteiger partial charge in [-0.15, -0.1) is 0 Å². The fourth-order valence-corrected chi connectivity index (χ4v) is 4.79. The van der Waals surface area contributed by atoms with Crippen LogP contribution in [-0.2, 0) is 4.79 Å². The van der Waals surface area contributed by atoms with Gasteiger partial charge in [0.25, 0.3) is 0 Å². The average Bonchev–Trinajstić information content (AvgIpc) is 3.45. The number of hydrogen-bond acceptors (Lipinski definition) is 10. The van der Waals surface area contributed by atoms with Crippen molar-refractivity contribution in [3.8, 4) is 11.5 Å². The van der Waals surface area contributed by atoms with Crippen LogP contribution in [0.3, 0.4) is 0 Å². The second-order valence-corrected chi connectivity index (χ2v) is 9.64. The number of aromatic nitrogens is 2. The lowest BCUT2D eigenvalue weighted by molar-refractivity contribution is -0.111. The number of carbonyl (C=O) groups is 2. The molecule has 1 fully saturated rings. The molecular formula is C30H30F2N6O5. The van der Waals surface area contributed by atoms with E-state index in [4.69, 9.17) is 13.9 Å². The molecule has 4 aromatic rings. The fourth-order valence-electron chi connectivity index (χ4n) is 4.79. The summed E-state index contributed by atoms with van der Waals surface area (Å²) >= 11 is 0. The SMILES string of the molecule is C=CC(=O)Nc1cc(N2CCN(CC)CC2)ccc1Nc1ncc2oc(C(=O)c3c(F)c(OC)cc(OC)c3F)cc2n1. The fraction of sp³-hybridized carbons (Fsp3) is 0.267. The van der Waals surface area contributed by atoms with E-state index in [0.29, 0.717) is 11.4 Å². The van der Waals surface area contributed by atoms with Crippen molar-refractivity contribution in [2.45, 2.75) is 6.92 Å². The Morgan fingerprint density at radius 1 is 1.05 bits per heavy atom. The van der Waals surface area contributed by atoms with Gasteiger partial charge in [0.2, 0.25) is 17.6 Å². The minimum Gasteiger partial charge on any atom is -0.494 e. The number of halogens is 2. The third kappa shape index (κ3) is 5.97. The molecule has 224 valence electrons. The predicted octanol–water partition coefficient (Wildman–Crippen LogP) is 4.76. The van der Waals surface area contributed by atoms with Gasteiger partial charge in [-0.1, -0.05) is 13.5 Å². The molecule has 0 unspecified atom stereocenters. The van der Waals surface area contributed by atoms with Crippen molar-refractivity contribution < 1.29 is 32.3 Å². The first kappa shape index (κ1) is 29.5. The Hall–Kier alpha value is -5.04. The lowest BCUT2D eigenvalue weighted by atomic mass is 10.1. The number of fused-ring (bicyclic) bond motifs is 1. The van der Waals surface area contributed by atoms with Crippen molar-refractivity contribution in [3.63, 3.8) is 0 Å². The zero-order chi connectivity index (χ0) is 30.7. The number of benzene rings is 2. The average molecular weight is 593 g/mol. The number of methoxy groups -OCH3 is 2. The van der Waals surface area contributed by atoms with E-state index in [0.717, 1.165) is 44.5 Å². The number of amides is 1. The molecule has 2 aromatic heterocycles. The van der Waals surface area contributed by atoms with E-state index in [2.05, 4.69) is 43.9 Å². The Morgan fingerprint density at radius 2 is 1.74 bits per heavy atom. The third-order valence-electron chi connectivity index (χ3n) is 7.17. The van der Waals surface area contributed by atoms with Gasteiger partial charge >= 0.3 is 0 Å². The number of anilines is 4. The summed E-state index contributed by atoms with van der Waals surface area (Å²) in [4.78, 5) is 38.6. The molecule has 43 heavy (non-hydrogen) atoms. The van der Waals surface area contributed by atoms with Crippen LogP contribution in [0.1, 0.15) is 23.0 Å². The van der Waals surface area contributed by atoms with E-state index >= 15 is 0 Å². The van der Waals surface area contributed by atoms with Crippen LogP contribution in [0, 0.1) is 11.6 Å². The van der Waals surface area contributed by atoms with Gasteiger partial charge in [0.05, 0.1) is 31.8 Å². The van der Waals surface area contributed by atoms with Crippen molar-refractivity contribution in [3.05, 3.63) is 72.1 Å². The Bertz CT molecular complexity index is 1670. The number of furan rings is 1. The van der Waals surface area contributed by atoms with Crippen LogP contribution >= 0.6 is 0 Å². The molecule has 11 nitrogen and oxygen atoms in total. The molecule has 5 rings (SSSR count). The normalized spacial score (nSPS) is 13.6. The number of nitrogens with zero attached hydrogens (tertiary/aromatic N) is 4. The number of likely N-dealkylation sites (N-methyl/N-ethyl adjacent to an activating group) is 1. The van der Waals surface area contributed by atoms with Gasteiger partial charge in [-0.05, 0) is 30.8 Å². The molecule has 0 radical (unpaired) electrons. The van der Waals surface area contributed by atoms with Crippen LogP contribution in [0.15, 0.2) is 53.6 Å². The molecule has 1 amide bonds. The first-order valence-electron chi connectivity index (χ1n) is 13.5. The number of piperazine rings is 1. The molecule has 0 saturated carbocycles. The highest BCUT2D eigenvalue weighted by atomic mass is 19.1. The summed E-state index contributed by atoms with van der Waals surface area (Å²) in [6.45, 7) is 10.3. The summed E-state index contributed by atoms with van der Waals surface area (Å²) in [5.41, 5.74) is 1.39. The molecule has 13 heteroatoms. The van der Waals surface area contributed by atoms with Gasteiger partial charge in [0.1, 0.15) is 11.1 Å².